The Labute approximate surface area is 137 Å². The molecule has 1 aromatic heterocycles. The summed E-state index contributed by atoms with van der Waals surface area (Å²) in [5, 5.41) is 11.3. The van der Waals surface area contributed by atoms with Crippen molar-refractivity contribution in [2.75, 3.05) is 13.1 Å². The van der Waals surface area contributed by atoms with E-state index in [1.807, 2.05) is 6.92 Å². The van der Waals surface area contributed by atoms with E-state index in [1.165, 1.54) is 4.31 Å². The highest BCUT2D eigenvalue weighted by atomic mass is 79.9. The second-order valence-electron chi connectivity index (χ2n) is 5.33. The summed E-state index contributed by atoms with van der Waals surface area (Å²) in [4.78, 5) is 11.7. The van der Waals surface area contributed by atoms with Gasteiger partial charge in [0.15, 0.2) is 0 Å². The topological polar surface area (TPSA) is 74.7 Å². The van der Waals surface area contributed by atoms with Crippen molar-refractivity contribution in [3.63, 3.8) is 0 Å². The van der Waals surface area contributed by atoms with Gasteiger partial charge in [-0.05, 0) is 46.6 Å². The zero-order valence-electron chi connectivity index (χ0n) is 11.7. The van der Waals surface area contributed by atoms with Gasteiger partial charge in [-0.25, -0.2) is 8.42 Å². The van der Waals surface area contributed by atoms with Crippen molar-refractivity contribution in [2.45, 2.75) is 36.8 Å². The number of halogens is 1. The molecule has 1 N–H and O–H groups in total. The van der Waals surface area contributed by atoms with Crippen molar-refractivity contribution in [1.82, 2.24) is 4.31 Å². The first kappa shape index (κ1) is 16.9. The molecule has 118 valence electrons. The summed E-state index contributed by atoms with van der Waals surface area (Å²) in [6.07, 6.45) is 2.34. The molecule has 0 radical (unpaired) electrons. The Hall–Kier alpha value is -0.440. The fourth-order valence-corrected chi connectivity index (χ4v) is 6.85. The van der Waals surface area contributed by atoms with Crippen LogP contribution in [0.1, 0.15) is 32.6 Å². The number of rotatable bonds is 5. The second kappa shape index (κ2) is 6.36. The van der Waals surface area contributed by atoms with Crippen LogP contribution in [0.15, 0.2) is 20.1 Å². The van der Waals surface area contributed by atoms with Gasteiger partial charge < -0.3 is 5.11 Å². The summed E-state index contributed by atoms with van der Waals surface area (Å²) in [7, 11) is -3.63. The van der Waals surface area contributed by atoms with Crippen LogP contribution in [-0.4, -0.2) is 36.9 Å². The van der Waals surface area contributed by atoms with Gasteiger partial charge in [-0.15, -0.1) is 11.3 Å². The SMILES string of the molecule is CCCC1(C(=O)O)CCCN(S(=O)(=O)c2sccc2Br)C1. The van der Waals surface area contributed by atoms with Crippen molar-refractivity contribution in [3.8, 4) is 0 Å². The molecule has 0 amide bonds. The molecule has 1 aliphatic heterocycles. The number of carboxylic acid groups (broad SMARTS) is 1. The molecule has 1 unspecified atom stereocenters. The van der Waals surface area contributed by atoms with Crippen molar-refractivity contribution in [2.24, 2.45) is 5.41 Å². The quantitative estimate of drug-likeness (QED) is 0.830. The summed E-state index contributed by atoms with van der Waals surface area (Å²) >= 11 is 4.39. The maximum absolute atomic E-state index is 12.7. The van der Waals surface area contributed by atoms with Crippen LogP contribution in [0.3, 0.4) is 0 Å². The van der Waals surface area contributed by atoms with Gasteiger partial charge in [-0.3, -0.25) is 4.79 Å². The van der Waals surface area contributed by atoms with Crippen LogP contribution in [0.2, 0.25) is 0 Å². The number of hydrogen-bond acceptors (Lipinski definition) is 4. The molecule has 1 fully saturated rings. The van der Waals surface area contributed by atoms with Gasteiger partial charge >= 0.3 is 5.97 Å². The number of carboxylic acids is 1. The molecule has 1 aliphatic rings. The Kier molecular flexibility index (Phi) is 5.12. The fourth-order valence-electron chi connectivity index (χ4n) is 2.84. The maximum Gasteiger partial charge on any atom is 0.310 e. The minimum atomic E-state index is -3.63. The van der Waals surface area contributed by atoms with Crippen molar-refractivity contribution >= 4 is 43.3 Å². The molecule has 0 aliphatic carbocycles. The molecule has 0 saturated carbocycles. The van der Waals surface area contributed by atoms with Crippen LogP contribution in [-0.2, 0) is 14.8 Å². The first-order valence-electron chi connectivity index (χ1n) is 6.80. The Balaban J connectivity index is 2.33. The van der Waals surface area contributed by atoms with E-state index in [0.717, 1.165) is 17.8 Å². The highest BCUT2D eigenvalue weighted by Gasteiger charge is 2.45. The average Bonchev–Trinajstić information content (AvgIpc) is 2.86. The predicted octanol–water partition coefficient (Wildman–Crippen LogP) is 3.17. The minimum absolute atomic E-state index is 0.0584. The van der Waals surface area contributed by atoms with E-state index in [0.29, 0.717) is 30.3 Å². The summed E-state index contributed by atoms with van der Waals surface area (Å²) < 4.78 is 27.5. The molecular weight excluding hydrogens is 378 g/mol. The van der Waals surface area contributed by atoms with Crippen LogP contribution >= 0.6 is 27.3 Å². The smallest absolute Gasteiger partial charge is 0.310 e. The van der Waals surface area contributed by atoms with E-state index < -0.39 is 21.4 Å². The Morgan fingerprint density at radius 1 is 1.57 bits per heavy atom. The summed E-state index contributed by atoms with van der Waals surface area (Å²) in [5.41, 5.74) is -0.955. The largest absolute Gasteiger partial charge is 0.481 e. The van der Waals surface area contributed by atoms with Gasteiger partial charge in [-0.2, -0.15) is 4.31 Å². The first-order chi connectivity index (χ1) is 9.83. The normalized spacial score (nSPS) is 24.1. The molecule has 2 rings (SSSR count). The molecule has 1 atom stereocenters. The van der Waals surface area contributed by atoms with Gasteiger partial charge in [0.25, 0.3) is 10.0 Å². The van der Waals surface area contributed by atoms with Gasteiger partial charge in [0.1, 0.15) is 4.21 Å². The average molecular weight is 396 g/mol. The zero-order valence-corrected chi connectivity index (χ0v) is 14.9. The predicted molar refractivity (Wildman–Crippen MR) is 85.0 cm³/mol. The molecule has 1 saturated heterocycles. The highest BCUT2D eigenvalue weighted by Crippen LogP contribution is 2.39. The van der Waals surface area contributed by atoms with E-state index >= 15 is 0 Å². The second-order valence-corrected chi connectivity index (χ2v) is 9.24. The summed E-state index contributed by atoms with van der Waals surface area (Å²) in [5.74, 6) is -0.894. The lowest BCUT2D eigenvalue weighted by molar-refractivity contribution is -0.151. The fraction of sp³-hybridized carbons (Fsp3) is 0.615. The summed E-state index contributed by atoms with van der Waals surface area (Å²) in [6.45, 7) is 2.36. The molecule has 0 aromatic carbocycles. The lowest BCUT2D eigenvalue weighted by atomic mass is 9.77. The standard InChI is InChI=1S/C13H18BrNO4S2/c1-2-5-13(12(16)17)6-3-7-15(9-13)21(18,19)11-10(14)4-8-20-11/h4,8H,2-3,5-7,9H2,1H3,(H,16,17). The van der Waals surface area contributed by atoms with E-state index in [2.05, 4.69) is 15.9 Å². The number of piperidine rings is 1. The van der Waals surface area contributed by atoms with Crippen LogP contribution in [0.4, 0.5) is 0 Å². The summed E-state index contributed by atoms with van der Waals surface area (Å²) in [6, 6.07) is 1.69. The van der Waals surface area contributed by atoms with E-state index in [1.54, 1.807) is 11.4 Å². The Morgan fingerprint density at radius 2 is 2.29 bits per heavy atom. The Bertz CT molecular complexity index is 624. The number of hydrogen-bond donors (Lipinski definition) is 1. The molecule has 5 nitrogen and oxygen atoms in total. The lowest BCUT2D eigenvalue weighted by Gasteiger charge is -2.39. The van der Waals surface area contributed by atoms with Gasteiger partial charge in [-0.1, -0.05) is 13.3 Å². The van der Waals surface area contributed by atoms with Crippen LogP contribution in [0.5, 0.6) is 0 Å². The highest BCUT2D eigenvalue weighted by molar-refractivity contribution is 9.10. The zero-order chi connectivity index (χ0) is 15.7. The van der Waals surface area contributed by atoms with Crippen LogP contribution in [0, 0.1) is 5.41 Å². The molecule has 0 spiro atoms. The molecule has 21 heavy (non-hydrogen) atoms. The van der Waals surface area contributed by atoms with Gasteiger partial charge in [0.05, 0.1) is 5.41 Å². The molecule has 0 bridgehead atoms. The van der Waals surface area contributed by atoms with Crippen LogP contribution in [0.25, 0.3) is 0 Å². The van der Waals surface area contributed by atoms with Gasteiger partial charge in [0.2, 0.25) is 0 Å². The third-order valence-corrected chi connectivity index (χ3v) is 8.38. The van der Waals surface area contributed by atoms with Gasteiger partial charge in [0, 0.05) is 17.6 Å². The third-order valence-electron chi connectivity index (χ3n) is 3.88. The van der Waals surface area contributed by atoms with E-state index in [-0.39, 0.29) is 10.8 Å². The maximum atomic E-state index is 12.7. The minimum Gasteiger partial charge on any atom is -0.481 e. The van der Waals surface area contributed by atoms with Crippen molar-refractivity contribution in [3.05, 3.63) is 15.9 Å². The number of nitrogens with zero attached hydrogens (tertiary/aromatic N) is 1. The van der Waals surface area contributed by atoms with E-state index in [9.17, 15) is 18.3 Å². The van der Waals surface area contributed by atoms with Crippen LogP contribution < -0.4 is 0 Å². The van der Waals surface area contributed by atoms with E-state index in [4.69, 9.17) is 0 Å². The number of thiophene rings is 1. The number of sulfonamides is 1. The Morgan fingerprint density at radius 3 is 2.81 bits per heavy atom. The van der Waals surface area contributed by atoms with Crippen molar-refractivity contribution < 1.29 is 18.3 Å². The molecule has 8 heteroatoms. The molecular formula is C13H18BrNO4S2. The monoisotopic (exact) mass is 395 g/mol. The molecule has 2 heterocycles. The lowest BCUT2D eigenvalue weighted by Crippen LogP contribution is -2.49. The number of carbonyl (C=O) groups is 1. The van der Waals surface area contributed by atoms with Crippen molar-refractivity contribution in [1.29, 1.82) is 0 Å². The third kappa shape index (κ3) is 3.18. The molecule has 1 aromatic rings. The number of aliphatic carboxylic acids is 1. The first-order valence-corrected chi connectivity index (χ1v) is 9.91.